The lowest BCUT2D eigenvalue weighted by atomic mass is 10.1. The number of nitrogens with one attached hydrogen (secondary N) is 1. The first-order valence-corrected chi connectivity index (χ1v) is 8.72. The second-order valence-corrected chi connectivity index (χ2v) is 7.90. The number of carbonyl (C=O) groups is 3. The molecule has 142 valence electrons. The van der Waals surface area contributed by atoms with Gasteiger partial charge in [0.2, 0.25) is 11.8 Å². The third-order valence-electron chi connectivity index (χ3n) is 4.73. The molecule has 1 saturated heterocycles. The molecular weight excluding hydrogens is 332 g/mol. The summed E-state index contributed by atoms with van der Waals surface area (Å²) in [4.78, 5) is 39.5. The molecule has 4 amide bonds. The van der Waals surface area contributed by atoms with Crippen LogP contribution in [0, 0.1) is 12.8 Å². The van der Waals surface area contributed by atoms with Crippen molar-refractivity contribution in [1.29, 1.82) is 0 Å². The van der Waals surface area contributed by atoms with Crippen LogP contribution in [-0.4, -0.2) is 53.3 Å². The van der Waals surface area contributed by atoms with Gasteiger partial charge in [0.25, 0.3) is 0 Å². The van der Waals surface area contributed by atoms with Gasteiger partial charge in [-0.25, -0.2) is 4.79 Å². The van der Waals surface area contributed by atoms with Crippen LogP contribution in [0.1, 0.15) is 43.1 Å². The number of primary amides is 1. The molecule has 2 rings (SSSR count). The van der Waals surface area contributed by atoms with E-state index in [1.54, 1.807) is 37.1 Å². The van der Waals surface area contributed by atoms with E-state index in [1.165, 1.54) is 0 Å². The molecule has 0 radical (unpaired) electrons. The summed E-state index contributed by atoms with van der Waals surface area (Å²) in [5.41, 5.74) is 6.71. The van der Waals surface area contributed by atoms with Gasteiger partial charge in [-0.05, 0) is 45.4 Å². The highest BCUT2D eigenvalue weighted by atomic mass is 16.2. The Labute approximate surface area is 154 Å². The van der Waals surface area contributed by atoms with Crippen LogP contribution in [0.25, 0.3) is 0 Å². The van der Waals surface area contributed by atoms with Gasteiger partial charge >= 0.3 is 6.03 Å². The third kappa shape index (κ3) is 4.33. The monoisotopic (exact) mass is 360 g/mol. The van der Waals surface area contributed by atoms with Crippen molar-refractivity contribution in [2.75, 3.05) is 25.5 Å². The van der Waals surface area contributed by atoms with Crippen LogP contribution in [0.15, 0.2) is 18.2 Å². The maximum Gasteiger partial charge on any atom is 0.321 e. The number of likely N-dealkylation sites (tertiary alicyclic amines) is 1. The van der Waals surface area contributed by atoms with Crippen molar-refractivity contribution < 1.29 is 14.4 Å². The fraction of sp³-hybridized carbons (Fsp3) is 0.526. The van der Waals surface area contributed by atoms with Crippen molar-refractivity contribution >= 4 is 23.5 Å². The average molecular weight is 360 g/mol. The first kappa shape index (κ1) is 19.8. The SMILES string of the molecule is Cc1c(NC(=O)N(C)C[C@H]2CC(=O)N(C(C)(C)C)C2)cccc1C(N)=O. The Balaban J connectivity index is 2.00. The van der Waals surface area contributed by atoms with Crippen LogP contribution >= 0.6 is 0 Å². The van der Waals surface area contributed by atoms with Crippen molar-refractivity contribution in [3.8, 4) is 0 Å². The quantitative estimate of drug-likeness (QED) is 0.861. The molecule has 1 atom stereocenters. The molecule has 7 nitrogen and oxygen atoms in total. The third-order valence-corrected chi connectivity index (χ3v) is 4.73. The van der Waals surface area contributed by atoms with E-state index in [9.17, 15) is 14.4 Å². The van der Waals surface area contributed by atoms with Gasteiger partial charge in [-0.2, -0.15) is 0 Å². The Morgan fingerprint density at radius 1 is 1.35 bits per heavy atom. The van der Waals surface area contributed by atoms with Crippen LogP contribution in [-0.2, 0) is 4.79 Å². The normalized spacial score (nSPS) is 17.3. The van der Waals surface area contributed by atoms with E-state index >= 15 is 0 Å². The Morgan fingerprint density at radius 2 is 2.00 bits per heavy atom. The molecule has 0 spiro atoms. The number of urea groups is 1. The molecule has 1 aliphatic rings. The molecular formula is C19H28N4O3. The summed E-state index contributed by atoms with van der Waals surface area (Å²) in [5, 5.41) is 2.81. The first-order chi connectivity index (χ1) is 12.0. The molecule has 1 aliphatic heterocycles. The van der Waals surface area contributed by atoms with Crippen molar-refractivity contribution in [2.45, 2.75) is 39.7 Å². The highest BCUT2D eigenvalue weighted by Crippen LogP contribution is 2.26. The highest BCUT2D eigenvalue weighted by Gasteiger charge is 2.36. The van der Waals surface area contributed by atoms with Crippen LogP contribution < -0.4 is 11.1 Å². The number of anilines is 1. The lowest BCUT2D eigenvalue weighted by Gasteiger charge is -2.32. The van der Waals surface area contributed by atoms with E-state index in [2.05, 4.69) is 5.32 Å². The molecule has 0 saturated carbocycles. The summed E-state index contributed by atoms with van der Waals surface area (Å²) in [6, 6.07) is 4.76. The van der Waals surface area contributed by atoms with Gasteiger partial charge in [-0.3, -0.25) is 9.59 Å². The predicted octanol–water partition coefficient (Wildman–Crippen LogP) is 2.20. The zero-order valence-electron chi connectivity index (χ0n) is 16.1. The molecule has 26 heavy (non-hydrogen) atoms. The van der Waals surface area contributed by atoms with Gasteiger partial charge in [0.05, 0.1) is 0 Å². The predicted molar refractivity (Wildman–Crippen MR) is 101 cm³/mol. The molecule has 7 heteroatoms. The minimum Gasteiger partial charge on any atom is -0.366 e. The minimum atomic E-state index is -0.529. The second-order valence-electron chi connectivity index (χ2n) is 7.90. The molecule has 0 aromatic heterocycles. The van der Waals surface area contributed by atoms with Crippen LogP contribution in [0.3, 0.4) is 0 Å². The minimum absolute atomic E-state index is 0.107. The smallest absolute Gasteiger partial charge is 0.321 e. The standard InChI is InChI=1S/C19H28N4O3/c1-12-14(17(20)25)7-6-8-15(12)21-18(26)22(5)10-13-9-16(24)23(11-13)19(2,3)4/h6-8,13H,9-11H2,1-5H3,(H2,20,25)(H,21,26)/t13-/m1/s1. The average Bonchev–Trinajstić information content (AvgIpc) is 2.89. The summed E-state index contributed by atoms with van der Waals surface area (Å²) < 4.78 is 0. The molecule has 1 fully saturated rings. The van der Waals surface area contributed by atoms with E-state index in [0.29, 0.717) is 36.3 Å². The van der Waals surface area contributed by atoms with Crippen LogP contribution in [0.2, 0.25) is 0 Å². The molecule has 0 aliphatic carbocycles. The number of nitrogens with zero attached hydrogens (tertiary/aromatic N) is 2. The van der Waals surface area contributed by atoms with E-state index < -0.39 is 5.91 Å². The van der Waals surface area contributed by atoms with Gasteiger partial charge < -0.3 is 20.9 Å². The molecule has 0 bridgehead atoms. The summed E-state index contributed by atoms with van der Waals surface area (Å²) in [7, 11) is 1.70. The summed E-state index contributed by atoms with van der Waals surface area (Å²) >= 11 is 0. The molecule has 1 aromatic carbocycles. The zero-order valence-corrected chi connectivity index (χ0v) is 16.1. The number of carbonyl (C=O) groups excluding carboxylic acids is 3. The number of rotatable bonds is 4. The van der Waals surface area contributed by atoms with Crippen LogP contribution in [0.5, 0.6) is 0 Å². The maximum atomic E-state index is 12.5. The fourth-order valence-corrected chi connectivity index (χ4v) is 3.27. The summed E-state index contributed by atoms with van der Waals surface area (Å²) in [6.45, 7) is 8.91. The lowest BCUT2D eigenvalue weighted by molar-refractivity contribution is -0.131. The topological polar surface area (TPSA) is 95.7 Å². The van der Waals surface area contributed by atoms with Gasteiger partial charge in [0, 0.05) is 49.3 Å². The Hall–Kier alpha value is -2.57. The Kier molecular flexibility index (Phi) is 5.59. The molecule has 1 heterocycles. The number of hydrogen-bond donors (Lipinski definition) is 2. The van der Waals surface area contributed by atoms with Crippen molar-refractivity contribution in [1.82, 2.24) is 9.80 Å². The zero-order chi connectivity index (χ0) is 19.6. The fourth-order valence-electron chi connectivity index (χ4n) is 3.27. The van der Waals surface area contributed by atoms with Gasteiger partial charge in [0.15, 0.2) is 0 Å². The molecule has 0 unspecified atom stereocenters. The van der Waals surface area contributed by atoms with Gasteiger partial charge in [0.1, 0.15) is 0 Å². The highest BCUT2D eigenvalue weighted by molar-refractivity contribution is 5.98. The van der Waals surface area contributed by atoms with E-state index in [4.69, 9.17) is 5.73 Å². The Morgan fingerprint density at radius 3 is 2.54 bits per heavy atom. The van der Waals surface area contributed by atoms with Crippen molar-refractivity contribution in [3.63, 3.8) is 0 Å². The van der Waals surface area contributed by atoms with Crippen molar-refractivity contribution in [2.24, 2.45) is 11.7 Å². The first-order valence-electron chi connectivity index (χ1n) is 8.72. The van der Waals surface area contributed by atoms with Crippen molar-refractivity contribution in [3.05, 3.63) is 29.3 Å². The second kappa shape index (κ2) is 7.35. The molecule has 1 aromatic rings. The van der Waals surface area contributed by atoms with Crippen LogP contribution in [0.4, 0.5) is 10.5 Å². The number of benzene rings is 1. The maximum absolute atomic E-state index is 12.5. The van der Waals surface area contributed by atoms with Gasteiger partial charge in [-0.15, -0.1) is 0 Å². The van der Waals surface area contributed by atoms with Gasteiger partial charge in [-0.1, -0.05) is 6.07 Å². The Bertz CT molecular complexity index is 724. The number of nitrogens with two attached hydrogens (primary N) is 1. The van der Waals surface area contributed by atoms with E-state index in [1.807, 2.05) is 25.7 Å². The van der Waals surface area contributed by atoms with E-state index in [-0.39, 0.29) is 23.4 Å². The van der Waals surface area contributed by atoms with E-state index in [0.717, 1.165) is 0 Å². The molecule has 3 N–H and O–H groups in total. The number of amides is 4. The number of hydrogen-bond acceptors (Lipinski definition) is 3. The lowest BCUT2D eigenvalue weighted by Crippen LogP contribution is -2.43. The summed E-state index contributed by atoms with van der Waals surface area (Å²) in [6.07, 6.45) is 0.449. The largest absolute Gasteiger partial charge is 0.366 e. The summed E-state index contributed by atoms with van der Waals surface area (Å²) in [5.74, 6) is -0.296.